The van der Waals surface area contributed by atoms with Gasteiger partial charge in [0.05, 0.1) is 23.8 Å². The number of nitriles is 1. The lowest BCUT2D eigenvalue weighted by Gasteiger charge is -2.15. The van der Waals surface area contributed by atoms with Crippen molar-refractivity contribution >= 4 is 0 Å². The molecule has 3 nitrogen and oxygen atoms in total. The van der Waals surface area contributed by atoms with Crippen molar-refractivity contribution in [3.05, 3.63) is 35.4 Å². The van der Waals surface area contributed by atoms with Crippen molar-refractivity contribution in [2.45, 2.75) is 51.2 Å². The normalized spacial score (nSPS) is 13.9. The second-order valence-corrected chi connectivity index (χ2v) is 4.63. The van der Waals surface area contributed by atoms with Crippen molar-refractivity contribution < 1.29 is 10.2 Å². The van der Waals surface area contributed by atoms with Crippen LogP contribution in [0.5, 0.6) is 0 Å². The largest absolute Gasteiger partial charge is 0.393 e. The third-order valence-corrected chi connectivity index (χ3v) is 3.06. The first kappa shape index (κ1) is 14.7. The highest BCUT2D eigenvalue weighted by atomic mass is 16.3. The van der Waals surface area contributed by atoms with Crippen molar-refractivity contribution in [3.63, 3.8) is 0 Å². The van der Waals surface area contributed by atoms with Gasteiger partial charge in [0.15, 0.2) is 0 Å². The van der Waals surface area contributed by atoms with Gasteiger partial charge in [0.25, 0.3) is 0 Å². The van der Waals surface area contributed by atoms with E-state index in [2.05, 4.69) is 6.92 Å². The Morgan fingerprint density at radius 2 is 1.83 bits per heavy atom. The molecule has 0 unspecified atom stereocenters. The summed E-state index contributed by atoms with van der Waals surface area (Å²) in [7, 11) is 0. The Labute approximate surface area is 109 Å². The Balaban J connectivity index is 2.43. The van der Waals surface area contributed by atoms with Crippen LogP contribution in [0.2, 0.25) is 0 Å². The second kappa shape index (κ2) is 7.86. The highest BCUT2D eigenvalue weighted by Crippen LogP contribution is 2.20. The number of unbranched alkanes of at least 4 members (excludes halogenated alkanes) is 2. The Hall–Kier alpha value is -1.37. The van der Waals surface area contributed by atoms with Crippen molar-refractivity contribution in [3.8, 4) is 6.07 Å². The molecule has 1 rings (SSSR count). The van der Waals surface area contributed by atoms with E-state index in [1.165, 1.54) is 0 Å². The van der Waals surface area contributed by atoms with Gasteiger partial charge in [-0.2, -0.15) is 5.26 Å². The SMILES string of the molecule is CCCCC[C@@H](O)C[C@@H](O)c1ccc(C#N)cc1. The summed E-state index contributed by atoms with van der Waals surface area (Å²) in [4.78, 5) is 0. The van der Waals surface area contributed by atoms with E-state index in [4.69, 9.17) is 5.26 Å². The summed E-state index contributed by atoms with van der Waals surface area (Å²) in [5.41, 5.74) is 1.33. The molecular weight excluding hydrogens is 226 g/mol. The average Bonchev–Trinajstić information content (AvgIpc) is 2.39. The minimum atomic E-state index is -0.658. The van der Waals surface area contributed by atoms with Gasteiger partial charge < -0.3 is 10.2 Å². The number of aliphatic hydroxyl groups is 2. The van der Waals surface area contributed by atoms with E-state index in [-0.39, 0.29) is 0 Å². The maximum Gasteiger partial charge on any atom is 0.0991 e. The number of hydrogen-bond donors (Lipinski definition) is 2. The molecule has 2 N–H and O–H groups in total. The van der Waals surface area contributed by atoms with E-state index in [1.807, 2.05) is 6.07 Å². The summed E-state index contributed by atoms with van der Waals surface area (Å²) in [5, 5.41) is 28.4. The zero-order valence-corrected chi connectivity index (χ0v) is 10.8. The van der Waals surface area contributed by atoms with Crippen molar-refractivity contribution in [1.29, 1.82) is 5.26 Å². The monoisotopic (exact) mass is 247 g/mol. The van der Waals surface area contributed by atoms with E-state index in [0.717, 1.165) is 31.2 Å². The summed E-state index contributed by atoms with van der Waals surface area (Å²) in [6.07, 6.45) is 3.22. The van der Waals surface area contributed by atoms with Crippen LogP contribution in [-0.2, 0) is 0 Å². The van der Waals surface area contributed by atoms with Gasteiger partial charge in [-0.1, -0.05) is 38.3 Å². The molecule has 98 valence electrons. The quantitative estimate of drug-likeness (QED) is 0.728. The maximum absolute atomic E-state index is 9.97. The fourth-order valence-corrected chi connectivity index (χ4v) is 1.92. The molecule has 0 fully saturated rings. The minimum Gasteiger partial charge on any atom is -0.393 e. The molecule has 2 atom stereocenters. The first-order valence-electron chi connectivity index (χ1n) is 6.53. The summed E-state index contributed by atoms with van der Waals surface area (Å²) in [6, 6.07) is 8.88. The van der Waals surface area contributed by atoms with Gasteiger partial charge in [-0.25, -0.2) is 0 Å². The second-order valence-electron chi connectivity index (χ2n) is 4.63. The summed E-state index contributed by atoms with van der Waals surface area (Å²) in [5.74, 6) is 0. The lowest BCUT2D eigenvalue weighted by molar-refractivity contribution is 0.0740. The van der Waals surface area contributed by atoms with Crippen LogP contribution in [0.3, 0.4) is 0 Å². The smallest absolute Gasteiger partial charge is 0.0991 e. The van der Waals surface area contributed by atoms with Crippen LogP contribution in [0, 0.1) is 11.3 Å². The molecule has 0 aliphatic heterocycles. The molecule has 1 aromatic rings. The molecule has 1 aromatic carbocycles. The summed E-state index contributed by atoms with van der Waals surface area (Å²) in [6.45, 7) is 2.12. The van der Waals surface area contributed by atoms with E-state index in [0.29, 0.717) is 12.0 Å². The Kier molecular flexibility index (Phi) is 6.42. The topological polar surface area (TPSA) is 64.2 Å². The van der Waals surface area contributed by atoms with Crippen LogP contribution in [0.1, 0.15) is 56.3 Å². The van der Waals surface area contributed by atoms with E-state index in [9.17, 15) is 10.2 Å². The third-order valence-electron chi connectivity index (χ3n) is 3.06. The Bertz CT molecular complexity index is 380. The predicted octanol–water partition coefficient (Wildman–Crippen LogP) is 2.92. The molecule has 0 radical (unpaired) electrons. The highest BCUT2D eigenvalue weighted by Gasteiger charge is 2.13. The van der Waals surface area contributed by atoms with E-state index in [1.54, 1.807) is 24.3 Å². The fraction of sp³-hybridized carbons (Fsp3) is 0.533. The molecule has 0 amide bonds. The Morgan fingerprint density at radius 3 is 2.39 bits per heavy atom. The molecule has 3 heteroatoms. The van der Waals surface area contributed by atoms with Crippen LogP contribution in [0.4, 0.5) is 0 Å². The first-order valence-corrected chi connectivity index (χ1v) is 6.53. The van der Waals surface area contributed by atoms with Gasteiger partial charge >= 0.3 is 0 Å². The first-order chi connectivity index (χ1) is 8.67. The standard InChI is InChI=1S/C15H21NO2/c1-2-3-4-5-14(17)10-15(18)13-8-6-12(11-16)7-9-13/h6-9,14-15,17-18H,2-5,10H2,1H3/t14-,15-/m1/s1. The average molecular weight is 247 g/mol. The third kappa shape index (κ3) is 4.87. The molecule has 18 heavy (non-hydrogen) atoms. The highest BCUT2D eigenvalue weighted by molar-refractivity contribution is 5.32. The number of nitrogens with zero attached hydrogens (tertiary/aromatic N) is 1. The number of rotatable bonds is 7. The number of hydrogen-bond acceptors (Lipinski definition) is 3. The van der Waals surface area contributed by atoms with Crippen molar-refractivity contribution in [1.82, 2.24) is 0 Å². The van der Waals surface area contributed by atoms with Gasteiger partial charge in [0.1, 0.15) is 0 Å². The lowest BCUT2D eigenvalue weighted by Crippen LogP contribution is -2.12. The molecule has 0 aromatic heterocycles. The van der Waals surface area contributed by atoms with Crippen LogP contribution in [-0.4, -0.2) is 16.3 Å². The minimum absolute atomic E-state index is 0.357. The van der Waals surface area contributed by atoms with Crippen LogP contribution in [0.25, 0.3) is 0 Å². The number of benzene rings is 1. The van der Waals surface area contributed by atoms with Crippen molar-refractivity contribution in [2.24, 2.45) is 0 Å². The van der Waals surface area contributed by atoms with E-state index < -0.39 is 12.2 Å². The zero-order valence-electron chi connectivity index (χ0n) is 10.8. The molecule has 0 bridgehead atoms. The van der Waals surface area contributed by atoms with Crippen LogP contribution >= 0.6 is 0 Å². The van der Waals surface area contributed by atoms with Crippen molar-refractivity contribution in [2.75, 3.05) is 0 Å². The van der Waals surface area contributed by atoms with Gasteiger partial charge in [0, 0.05) is 6.42 Å². The molecule has 0 aliphatic rings. The molecule has 0 aliphatic carbocycles. The van der Waals surface area contributed by atoms with Gasteiger partial charge in [-0.05, 0) is 24.1 Å². The zero-order chi connectivity index (χ0) is 13.4. The molecule has 0 saturated carbocycles. The predicted molar refractivity (Wildman–Crippen MR) is 70.9 cm³/mol. The molecule has 0 heterocycles. The molecule has 0 spiro atoms. The van der Waals surface area contributed by atoms with Gasteiger partial charge in [0.2, 0.25) is 0 Å². The fourth-order valence-electron chi connectivity index (χ4n) is 1.92. The van der Waals surface area contributed by atoms with Crippen LogP contribution < -0.4 is 0 Å². The Morgan fingerprint density at radius 1 is 1.17 bits per heavy atom. The van der Waals surface area contributed by atoms with Crippen LogP contribution in [0.15, 0.2) is 24.3 Å². The number of aliphatic hydroxyl groups excluding tert-OH is 2. The lowest BCUT2D eigenvalue weighted by atomic mass is 9.99. The molecule has 0 saturated heterocycles. The van der Waals surface area contributed by atoms with Gasteiger partial charge in [-0.15, -0.1) is 0 Å². The summed E-state index contributed by atoms with van der Waals surface area (Å²) < 4.78 is 0. The summed E-state index contributed by atoms with van der Waals surface area (Å²) >= 11 is 0. The maximum atomic E-state index is 9.97. The molecular formula is C15H21NO2. The van der Waals surface area contributed by atoms with E-state index >= 15 is 0 Å². The van der Waals surface area contributed by atoms with Gasteiger partial charge in [-0.3, -0.25) is 0 Å².